The van der Waals surface area contributed by atoms with Crippen molar-refractivity contribution in [2.75, 3.05) is 5.32 Å². The molecule has 0 atom stereocenters. The number of nitrogens with one attached hydrogen (secondary N) is 1. The van der Waals surface area contributed by atoms with E-state index < -0.39 is 5.97 Å². The van der Waals surface area contributed by atoms with Gasteiger partial charge in [-0.2, -0.15) is 0 Å². The Morgan fingerprint density at radius 1 is 1.26 bits per heavy atom. The molecule has 1 aromatic heterocycles. The number of halogens is 2. The largest absolute Gasteiger partial charge is 0.477 e. The van der Waals surface area contributed by atoms with Gasteiger partial charge in [0.1, 0.15) is 4.88 Å². The number of amides is 1. The Morgan fingerprint density at radius 3 is 2.58 bits per heavy atom. The number of carboxylic acids is 1. The van der Waals surface area contributed by atoms with Crippen molar-refractivity contribution in [2.45, 2.75) is 0 Å². The molecule has 0 aliphatic rings. The Kier molecular flexibility index (Phi) is 4.24. The van der Waals surface area contributed by atoms with E-state index in [1.807, 2.05) is 0 Å². The van der Waals surface area contributed by atoms with Crippen molar-refractivity contribution in [1.82, 2.24) is 0 Å². The van der Waals surface area contributed by atoms with Gasteiger partial charge >= 0.3 is 5.97 Å². The van der Waals surface area contributed by atoms with Crippen molar-refractivity contribution in [3.05, 3.63) is 50.3 Å². The summed E-state index contributed by atoms with van der Waals surface area (Å²) in [5.41, 5.74) is 0.426. The molecular formula is C12H7BrClNO3S. The fourth-order valence-corrected chi connectivity index (χ4v) is 2.98. The molecular weight excluding hydrogens is 354 g/mol. The molecule has 19 heavy (non-hydrogen) atoms. The number of anilines is 1. The summed E-state index contributed by atoms with van der Waals surface area (Å²) in [6.45, 7) is 0. The monoisotopic (exact) mass is 359 g/mol. The SMILES string of the molecule is O=C(O)c1ccc(NC(=O)c2ccc(Cl)cc2Br)s1. The molecule has 0 fully saturated rings. The van der Waals surface area contributed by atoms with Gasteiger partial charge < -0.3 is 10.4 Å². The van der Waals surface area contributed by atoms with E-state index in [0.29, 0.717) is 20.1 Å². The van der Waals surface area contributed by atoms with Gasteiger partial charge in [-0.3, -0.25) is 4.79 Å². The van der Waals surface area contributed by atoms with Crippen LogP contribution >= 0.6 is 38.9 Å². The van der Waals surface area contributed by atoms with Crippen LogP contribution in [0.15, 0.2) is 34.8 Å². The van der Waals surface area contributed by atoms with Gasteiger partial charge in [-0.05, 0) is 46.3 Å². The molecule has 0 radical (unpaired) electrons. The first kappa shape index (κ1) is 14.0. The lowest BCUT2D eigenvalue weighted by atomic mass is 10.2. The summed E-state index contributed by atoms with van der Waals surface area (Å²) in [6, 6.07) is 7.81. The van der Waals surface area contributed by atoms with Crippen molar-refractivity contribution in [1.29, 1.82) is 0 Å². The third-order valence-electron chi connectivity index (χ3n) is 2.23. The summed E-state index contributed by atoms with van der Waals surface area (Å²) < 4.78 is 0.576. The number of hydrogen-bond acceptors (Lipinski definition) is 3. The maximum atomic E-state index is 12.0. The molecule has 0 aliphatic carbocycles. The van der Waals surface area contributed by atoms with Gasteiger partial charge in [0, 0.05) is 9.50 Å². The molecule has 2 aromatic rings. The van der Waals surface area contributed by atoms with Crippen molar-refractivity contribution in [3.8, 4) is 0 Å². The molecule has 0 unspecified atom stereocenters. The second-order valence-electron chi connectivity index (χ2n) is 3.55. The molecule has 1 heterocycles. The zero-order valence-corrected chi connectivity index (χ0v) is 12.5. The highest BCUT2D eigenvalue weighted by atomic mass is 79.9. The van der Waals surface area contributed by atoms with E-state index in [1.54, 1.807) is 24.3 Å². The zero-order chi connectivity index (χ0) is 14.0. The maximum Gasteiger partial charge on any atom is 0.345 e. The summed E-state index contributed by atoms with van der Waals surface area (Å²) in [4.78, 5) is 22.9. The second kappa shape index (κ2) is 5.73. The number of carboxylic acid groups (broad SMARTS) is 1. The standard InChI is InChI=1S/C12H7BrClNO3S/c13-8-5-6(14)1-2-7(8)11(16)15-10-4-3-9(19-10)12(17)18/h1-5H,(H,15,16)(H,17,18). The normalized spacial score (nSPS) is 10.2. The lowest BCUT2D eigenvalue weighted by molar-refractivity contribution is 0.0702. The zero-order valence-electron chi connectivity index (χ0n) is 9.31. The van der Waals surface area contributed by atoms with Crippen LogP contribution in [0.4, 0.5) is 5.00 Å². The van der Waals surface area contributed by atoms with Gasteiger partial charge in [-0.25, -0.2) is 4.79 Å². The van der Waals surface area contributed by atoms with E-state index in [1.165, 1.54) is 6.07 Å². The number of hydrogen-bond donors (Lipinski definition) is 2. The minimum atomic E-state index is -1.02. The van der Waals surface area contributed by atoms with E-state index in [4.69, 9.17) is 16.7 Å². The predicted octanol–water partition coefficient (Wildman–Crippen LogP) is 4.11. The highest BCUT2D eigenvalue weighted by Gasteiger charge is 2.13. The molecule has 0 saturated carbocycles. The second-order valence-corrected chi connectivity index (χ2v) is 5.92. The van der Waals surface area contributed by atoms with E-state index in [9.17, 15) is 9.59 Å². The van der Waals surface area contributed by atoms with Crippen molar-refractivity contribution in [2.24, 2.45) is 0 Å². The molecule has 98 valence electrons. The van der Waals surface area contributed by atoms with Gasteiger partial charge in [-0.1, -0.05) is 11.6 Å². The van der Waals surface area contributed by atoms with Crippen LogP contribution in [-0.4, -0.2) is 17.0 Å². The summed E-state index contributed by atoms with van der Waals surface area (Å²) in [5, 5.41) is 12.4. The average molecular weight is 361 g/mol. The van der Waals surface area contributed by atoms with Gasteiger partial charge in [0.05, 0.1) is 10.6 Å². The first-order valence-corrected chi connectivity index (χ1v) is 7.05. The van der Waals surface area contributed by atoms with Crippen LogP contribution in [0.5, 0.6) is 0 Å². The number of carbonyl (C=O) groups is 2. The lowest BCUT2D eigenvalue weighted by Gasteiger charge is -2.05. The average Bonchev–Trinajstić information content (AvgIpc) is 2.77. The molecule has 2 N–H and O–H groups in total. The topological polar surface area (TPSA) is 66.4 Å². The molecule has 0 bridgehead atoms. The Labute approximate surface area is 126 Å². The van der Waals surface area contributed by atoms with Crippen molar-refractivity contribution in [3.63, 3.8) is 0 Å². The first-order chi connectivity index (χ1) is 8.97. The van der Waals surface area contributed by atoms with Gasteiger partial charge in [0.2, 0.25) is 0 Å². The summed E-state index contributed by atoms with van der Waals surface area (Å²) >= 11 is 10.0. The van der Waals surface area contributed by atoms with Gasteiger partial charge in [0.25, 0.3) is 5.91 Å². The molecule has 0 spiro atoms. The van der Waals surface area contributed by atoms with Gasteiger partial charge in [0.15, 0.2) is 0 Å². The Balaban J connectivity index is 2.18. The highest BCUT2D eigenvalue weighted by Crippen LogP contribution is 2.25. The number of thiophene rings is 1. The van der Waals surface area contributed by atoms with Crippen LogP contribution in [0.3, 0.4) is 0 Å². The van der Waals surface area contributed by atoms with Gasteiger partial charge in [-0.15, -0.1) is 11.3 Å². The van der Waals surface area contributed by atoms with Crippen molar-refractivity contribution >= 4 is 55.7 Å². The molecule has 0 saturated heterocycles. The Bertz CT molecular complexity index is 656. The lowest BCUT2D eigenvalue weighted by Crippen LogP contribution is -2.11. The third-order valence-corrected chi connectivity index (χ3v) is 4.11. The van der Waals surface area contributed by atoms with Crippen LogP contribution in [0, 0.1) is 0 Å². The minimum Gasteiger partial charge on any atom is -0.477 e. The minimum absolute atomic E-state index is 0.172. The van der Waals surface area contributed by atoms with Crippen molar-refractivity contribution < 1.29 is 14.7 Å². The van der Waals surface area contributed by atoms with Crippen LogP contribution < -0.4 is 5.32 Å². The number of benzene rings is 1. The molecule has 1 aromatic carbocycles. The van der Waals surface area contributed by atoms with E-state index in [2.05, 4.69) is 21.2 Å². The molecule has 2 rings (SSSR count). The fourth-order valence-electron chi connectivity index (χ4n) is 1.37. The van der Waals surface area contributed by atoms with Crippen LogP contribution in [0.2, 0.25) is 5.02 Å². The fraction of sp³-hybridized carbons (Fsp3) is 0. The summed E-state index contributed by atoms with van der Waals surface area (Å²) in [6.07, 6.45) is 0. The summed E-state index contributed by atoms with van der Waals surface area (Å²) in [7, 11) is 0. The van der Waals surface area contributed by atoms with E-state index >= 15 is 0 Å². The maximum absolute atomic E-state index is 12.0. The third kappa shape index (κ3) is 3.34. The molecule has 0 aliphatic heterocycles. The quantitative estimate of drug-likeness (QED) is 0.865. The number of carbonyl (C=O) groups excluding carboxylic acids is 1. The first-order valence-electron chi connectivity index (χ1n) is 5.07. The predicted molar refractivity (Wildman–Crippen MR) is 78.4 cm³/mol. The van der Waals surface area contributed by atoms with Crippen LogP contribution in [0.25, 0.3) is 0 Å². The van der Waals surface area contributed by atoms with Crippen LogP contribution in [-0.2, 0) is 0 Å². The van der Waals surface area contributed by atoms with Crippen LogP contribution in [0.1, 0.15) is 20.0 Å². The Hall–Kier alpha value is -1.37. The summed E-state index contributed by atoms with van der Waals surface area (Å²) in [5.74, 6) is -1.35. The molecule has 1 amide bonds. The smallest absolute Gasteiger partial charge is 0.345 e. The number of aromatic carboxylic acids is 1. The Morgan fingerprint density at radius 2 is 2.00 bits per heavy atom. The molecule has 4 nitrogen and oxygen atoms in total. The molecule has 7 heteroatoms. The van der Waals surface area contributed by atoms with E-state index in [-0.39, 0.29) is 10.8 Å². The highest BCUT2D eigenvalue weighted by molar-refractivity contribution is 9.10. The van der Waals surface area contributed by atoms with E-state index in [0.717, 1.165) is 11.3 Å². The number of rotatable bonds is 3.